The Hall–Kier alpha value is -2.61. The number of hydrogen-bond donors (Lipinski definition) is 1. The number of amides is 1. The topological polar surface area (TPSA) is 89.0 Å². The molecule has 0 radical (unpaired) electrons. The van der Waals surface area contributed by atoms with Crippen molar-refractivity contribution in [1.82, 2.24) is 9.88 Å². The molecular formula is C17H18N2O5S. The fraction of sp³-hybridized carbons (Fsp3) is 0.353. The van der Waals surface area contributed by atoms with E-state index in [0.717, 1.165) is 5.56 Å². The van der Waals surface area contributed by atoms with Crippen LogP contribution < -0.4 is 9.47 Å². The number of carbonyl (C=O) groups is 2. The van der Waals surface area contributed by atoms with Crippen molar-refractivity contribution < 1.29 is 24.2 Å². The number of ether oxygens (including phenoxy) is 2. The molecule has 0 saturated heterocycles. The van der Waals surface area contributed by atoms with E-state index in [1.807, 2.05) is 26.0 Å². The van der Waals surface area contributed by atoms with Gasteiger partial charge in [0, 0.05) is 12.1 Å². The van der Waals surface area contributed by atoms with Gasteiger partial charge in [0.05, 0.1) is 6.20 Å². The van der Waals surface area contributed by atoms with Gasteiger partial charge in [-0.15, -0.1) is 11.3 Å². The molecule has 8 heteroatoms. The predicted octanol–water partition coefficient (Wildman–Crippen LogP) is 2.72. The van der Waals surface area contributed by atoms with Crippen molar-refractivity contribution in [3.8, 4) is 22.1 Å². The van der Waals surface area contributed by atoms with Gasteiger partial charge in [0.15, 0.2) is 11.5 Å². The molecule has 1 N–H and O–H groups in total. The summed E-state index contributed by atoms with van der Waals surface area (Å²) in [5.41, 5.74) is 0.821. The van der Waals surface area contributed by atoms with Crippen molar-refractivity contribution in [2.24, 2.45) is 5.92 Å². The fourth-order valence-electron chi connectivity index (χ4n) is 2.52. The van der Waals surface area contributed by atoms with Gasteiger partial charge in [0.1, 0.15) is 16.4 Å². The minimum absolute atomic E-state index is 0.171. The first-order chi connectivity index (χ1) is 11.9. The van der Waals surface area contributed by atoms with Crippen molar-refractivity contribution in [1.29, 1.82) is 0 Å². The molecule has 0 unspecified atom stereocenters. The molecule has 3 rings (SSSR count). The Morgan fingerprint density at radius 1 is 1.32 bits per heavy atom. The van der Waals surface area contributed by atoms with Crippen LogP contribution in [0.3, 0.4) is 0 Å². The minimum Gasteiger partial charge on any atom is -0.480 e. The number of benzene rings is 1. The molecule has 2 heterocycles. The van der Waals surface area contributed by atoms with E-state index in [1.165, 1.54) is 22.4 Å². The lowest BCUT2D eigenvalue weighted by Gasteiger charge is -2.21. The molecule has 1 aromatic carbocycles. The highest BCUT2D eigenvalue weighted by Gasteiger charge is 2.22. The third-order valence-electron chi connectivity index (χ3n) is 3.53. The van der Waals surface area contributed by atoms with Crippen molar-refractivity contribution in [3.63, 3.8) is 0 Å². The number of rotatable bonds is 6. The Labute approximate surface area is 148 Å². The van der Waals surface area contributed by atoms with Crippen molar-refractivity contribution in [2.45, 2.75) is 13.8 Å². The van der Waals surface area contributed by atoms with Gasteiger partial charge in [-0.1, -0.05) is 13.8 Å². The predicted molar refractivity (Wildman–Crippen MR) is 92.1 cm³/mol. The molecule has 1 aromatic heterocycles. The van der Waals surface area contributed by atoms with Crippen LogP contribution in [0.25, 0.3) is 10.6 Å². The third-order valence-corrected chi connectivity index (χ3v) is 4.57. The van der Waals surface area contributed by atoms with E-state index in [-0.39, 0.29) is 25.2 Å². The summed E-state index contributed by atoms with van der Waals surface area (Å²) in [4.78, 5) is 29.7. The van der Waals surface area contributed by atoms with E-state index in [4.69, 9.17) is 14.6 Å². The summed E-state index contributed by atoms with van der Waals surface area (Å²) >= 11 is 1.23. The zero-order valence-electron chi connectivity index (χ0n) is 13.9. The van der Waals surface area contributed by atoms with Gasteiger partial charge in [-0.2, -0.15) is 0 Å². The van der Waals surface area contributed by atoms with Crippen LogP contribution in [0.5, 0.6) is 11.5 Å². The molecule has 0 atom stereocenters. The van der Waals surface area contributed by atoms with Gasteiger partial charge < -0.3 is 19.5 Å². The Kier molecular flexibility index (Phi) is 4.89. The maximum atomic E-state index is 12.6. The van der Waals surface area contributed by atoms with E-state index in [2.05, 4.69) is 4.98 Å². The maximum absolute atomic E-state index is 12.6. The number of aliphatic carboxylic acids is 1. The summed E-state index contributed by atoms with van der Waals surface area (Å²) < 4.78 is 10.6. The summed E-state index contributed by atoms with van der Waals surface area (Å²) in [6, 6.07) is 5.47. The Balaban J connectivity index is 1.81. The normalized spacial score (nSPS) is 12.4. The molecule has 0 saturated carbocycles. The Morgan fingerprint density at radius 2 is 2.08 bits per heavy atom. The molecule has 0 fully saturated rings. The van der Waals surface area contributed by atoms with E-state index in [0.29, 0.717) is 27.9 Å². The van der Waals surface area contributed by atoms with Gasteiger partial charge in [0.25, 0.3) is 5.91 Å². The highest BCUT2D eigenvalue weighted by atomic mass is 32.1. The molecule has 1 amide bonds. The second kappa shape index (κ2) is 7.10. The SMILES string of the molecule is CC(C)CN(CC(=O)O)C(=O)c1cnc(-c2ccc3c(c2)OCO3)s1. The zero-order chi connectivity index (χ0) is 18.0. The van der Waals surface area contributed by atoms with Gasteiger partial charge in [-0.05, 0) is 24.1 Å². The number of fused-ring (bicyclic) bond motifs is 1. The number of hydrogen-bond acceptors (Lipinski definition) is 6. The van der Waals surface area contributed by atoms with Crippen molar-refractivity contribution in [3.05, 3.63) is 29.3 Å². The number of thiazole rings is 1. The Bertz CT molecular complexity index is 802. The van der Waals surface area contributed by atoms with Crippen LogP contribution >= 0.6 is 11.3 Å². The smallest absolute Gasteiger partial charge is 0.323 e. The number of nitrogens with zero attached hydrogens (tertiary/aromatic N) is 2. The summed E-state index contributed by atoms with van der Waals surface area (Å²) in [6.07, 6.45) is 1.49. The lowest BCUT2D eigenvalue weighted by Crippen LogP contribution is -2.37. The molecule has 1 aliphatic rings. The number of carbonyl (C=O) groups excluding carboxylic acids is 1. The van der Waals surface area contributed by atoms with E-state index < -0.39 is 5.97 Å². The van der Waals surface area contributed by atoms with E-state index >= 15 is 0 Å². The standard InChI is InChI=1S/C17H18N2O5S/c1-10(2)7-19(8-15(20)21)17(22)14-6-18-16(25-14)11-3-4-12-13(5-11)24-9-23-12/h3-6,10H,7-9H2,1-2H3,(H,20,21). The molecule has 132 valence electrons. The summed E-state index contributed by atoms with van der Waals surface area (Å²) in [7, 11) is 0. The van der Waals surface area contributed by atoms with Crippen LogP contribution in [0.15, 0.2) is 24.4 Å². The minimum atomic E-state index is -1.03. The number of carboxylic acid groups (broad SMARTS) is 1. The summed E-state index contributed by atoms with van der Waals surface area (Å²) in [5, 5.41) is 9.70. The second-order valence-corrected chi connectivity index (χ2v) is 7.10. The molecule has 7 nitrogen and oxygen atoms in total. The lowest BCUT2D eigenvalue weighted by molar-refractivity contribution is -0.137. The Morgan fingerprint density at radius 3 is 2.80 bits per heavy atom. The van der Waals surface area contributed by atoms with Crippen LogP contribution in [-0.4, -0.2) is 46.7 Å². The zero-order valence-corrected chi connectivity index (χ0v) is 14.7. The largest absolute Gasteiger partial charge is 0.480 e. The van der Waals surface area contributed by atoms with Crippen LogP contribution in [0.4, 0.5) is 0 Å². The summed E-state index contributed by atoms with van der Waals surface area (Å²) in [5.74, 6) is 0.147. The molecule has 0 aliphatic carbocycles. The third kappa shape index (κ3) is 3.90. The van der Waals surface area contributed by atoms with E-state index in [1.54, 1.807) is 6.07 Å². The lowest BCUT2D eigenvalue weighted by atomic mass is 10.2. The van der Waals surface area contributed by atoms with Gasteiger partial charge in [-0.25, -0.2) is 4.98 Å². The molecule has 1 aliphatic heterocycles. The first-order valence-electron chi connectivity index (χ1n) is 7.81. The monoisotopic (exact) mass is 362 g/mol. The fourth-order valence-corrected chi connectivity index (χ4v) is 3.40. The maximum Gasteiger partial charge on any atom is 0.323 e. The van der Waals surface area contributed by atoms with Crippen LogP contribution in [0.1, 0.15) is 23.5 Å². The molecule has 0 spiro atoms. The second-order valence-electron chi connectivity index (χ2n) is 6.07. The molecule has 25 heavy (non-hydrogen) atoms. The molecular weight excluding hydrogens is 344 g/mol. The number of carboxylic acids is 1. The van der Waals surface area contributed by atoms with Crippen LogP contribution in [0.2, 0.25) is 0 Å². The average Bonchev–Trinajstić information content (AvgIpc) is 3.21. The first-order valence-corrected chi connectivity index (χ1v) is 8.62. The number of aromatic nitrogens is 1. The van der Waals surface area contributed by atoms with Gasteiger partial charge in [0.2, 0.25) is 6.79 Å². The van der Waals surface area contributed by atoms with Gasteiger partial charge >= 0.3 is 5.97 Å². The molecule has 0 bridgehead atoms. The highest BCUT2D eigenvalue weighted by Crippen LogP contribution is 2.37. The summed E-state index contributed by atoms with van der Waals surface area (Å²) in [6.45, 7) is 4.12. The van der Waals surface area contributed by atoms with Crippen molar-refractivity contribution >= 4 is 23.2 Å². The van der Waals surface area contributed by atoms with E-state index in [9.17, 15) is 9.59 Å². The average molecular weight is 362 g/mol. The van der Waals surface area contributed by atoms with Gasteiger partial charge in [-0.3, -0.25) is 9.59 Å². The van der Waals surface area contributed by atoms with Crippen molar-refractivity contribution in [2.75, 3.05) is 19.9 Å². The first kappa shape index (κ1) is 17.2. The van der Waals surface area contributed by atoms with Crippen LogP contribution in [-0.2, 0) is 4.79 Å². The van der Waals surface area contributed by atoms with Crippen LogP contribution in [0, 0.1) is 5.92 Å². The highest BCUT2D eigenvalue weighted by molar-refractivity contribution is 7.16. The molecule has 2 aromatic rings. The quantitative estimate of drug-likeness (QED) is 0.850.